The summed E-state index contributed by atoms with van der Waals surface area (Å²) in [5, 5.41) is 4.49. The van der Waals surface area contributed by atoms with Gasteiger partial charge in [0.25, 0.3) is 15.6 Å². The minimum Gasteiger partial charge on any atom is -0.336 e. The molecule has 3 aromatic heterocycles. The zero-order chi connectivity index (χ0) is 21.5. The van der Waals surface area contributed by atoms with Crippen molar-refractivity contribution in [3.05, 3.63) is 59.0 Å². The number of nitrogens with zero attached hydrogens (tertiary/aromatic N) is 6. The topological polar surface area (TPSA) is 103 Å². The second kappa shape index (κ2) is 7.77. The van der Waals surface area contributed by atoms with E-state index in [0.717, 1.165) is 11.4 Å². The van der Waals surface area contributed by atoms with Crippen molar-refractivity contribution in [2.45, 2.75) is 31.3 Å². The summed E-state index contributed by atoms with van der Waals surface area (Å²) in [5.74, 6) is 0.879. The van der Waals surface area contributed by atoms with Crippen LogP contribution in [0.5, 0.6) is 0 Å². The average molecular weight is 429 g/mol. The van der Waals surface area contributed by atoms with E-state index in [0.29, 0.717) is 25.3 Å². The Labute approximate surface area is 175 Å². The molecule has 1 saturated heterocycles. The van der Waals surface area contributed by atoms with Crippen LogP contribution in [0.4, 0.5) is 0 Å². The van der Waals surface area contributed by atoms with Gasteiger partial charge in [-0.05, 0) is 18.2 Å². The van der Waals surface area contributed by atoms with E-state index < -0.39 is 10.0 Å². The molecule has 10 heteroatoms. The molecule has 0 aliphatic carbocycles. The number of sulfonamides is 1. The maximum Gasteiger partial charge on any atom is 0.266 e. The molecule has 0 saturated carbocycles. The van der Waals surface area contributed by atoms with Gasteiger partial charge in [0.2, 0.25) is 0 Å². The van der Waals surface area contributed by atoms with Gasteiger partial charge in [-0.15, -0.1) is 0 Å². The van der Waals surface area contributed by atoms with Crippen molar-refractivity contribution < 1.29 is 8.42 Å². The number of imidazole rings is 1. The lowest BCUT2D eigenvalue weighted by atomic mass is 10.0. The first-order valence-electron chi connectivity index (χ1n) is 9.77. The quantitative estimate of drug-likeness (QED) is 0.589. The van der Waals surface area contributed by atoms with Crippen molar-refractivity contribution in [3.63, 3.8) is 0 Å². The third-order valence-corrected chi connectivity index (χ3v) is 6.89. The number of rotatable bonds is 6. The molecule has 0 aromatic carbocycles. The zero-order valence-electron chi connectivity index (χ0n) is 17.1. The number of pyridine rings is 1. The van der Waals surface area contributed by atoms with Gasteiger partial charge in [0.15, 0.2) is 5.03 Å². The molecule has 1 fully saturated rings. The number of aryl methyl sites for hydroxylation is 1. The Hall–Kier alpha value is -2.85. The molecule has 9 nitrogen and oxygen atoms in total. The van der Waals surface area contributed by atoms with E-state index in [-0.39, 0.29) is 22.4 Å². The molecular formula is C20H24N6O3S. The Morgan fingerprint density at radius 3 is 2.60 bits per heavy atom. The second-order valence-electron chi connectivity index (χ2n) is 7.87. The lowest BCUT2D eigenvalue weighted by Crippen LogP contribution is -2.52. The molecule has 4 rings (SSSR count). The van der Waals surface area contributed by atoms with Crippen molar-refractivity contribution in [2.75, 3.05) is 13.1 Å². The molecule has 1 aliphatic rings. The van der Waals surface area contributed by atoms with Gasteiger partial charge in [-0.3, -0.25) is 9.78 Å². The zero-order valence-corrected chi connectivity index (χ0v) is 18.0. The van der Waals surface area contributed by atoms with Crippen LogP contribution < -0.4 is 5.56 Å². The standard InChI is InChI=1S/C20H24N6O3S/c1-14(2)20-22-18(13-24(20)3)30(28,29)25-10-15(11-25)12-26-19(27)7-6-17(23-26)16-5-4-8-21-9-16/h4-9,13-15H,10-12H2,1-3H3. The van der Waals surface area contributed by atoms with Crippen molar-refractivity contribution in [2.24, 2.45) is 13.0 Å². The fraction of sp³-hybridized carbons (Fsp3) is 0.400. The van der Waals surface area contributed by atoms with Crippen LogP contribution in [-0.4, -0.2) is 50.1 Å². The molecule has 0 radical (unpaired) electrons. The van der Waals surface area contributed by atoms with Crippen molar-refractivity contribution in [1.29, 1.82) is 0 Å². The minimum atomic E-state index is -3.64. The molecule has 0 unspecified atom stereocenters. The van der Waals surface area contributed by atoms with Gasteiger partial charge in [0.1, 0.15) is 5.82 Å². The van der Waals surface area contributed by atoms with Gasteiger partial charge in [-0.1, -0.05) is 13.8 Å². The molecule has 158 valence electrons. The Balaban J connectivity index is 1.46. The Kier molecular flexibility index (Phi) is 5.29. The second-order valence-corrected chi connectivity index (χ2v) is 9.76. The number of aromatic nitrogens is 5. The summed E-state index contributed by atoms with van der Waals surface area (Å²) in [7, 11) is -1.84. The van der Waals surface area contributed by atoms with Crippen LogP contribution in [0, 0.1) is 5.92 Å². The van der Waals surface area contributed by atoms with Crippen molar-refractivity contribution in [3.8, 4) is 11.3 Å². The van der Waals surface area contributed by atoms with E-state index in [1.54, 1.807) is 36.3 Å². The van der Waals surface area contributed by atoms with Gasteiger partial charge in [0, 0.05) is 62.2 Å². The highest BCUT2D eigenvalue weighted by Crippen LogP contribution is 2.26. The average Bonchev–Trinajstić information content (AvgIpc) is 3.09. The normalized spacial score (nSPS) is 15.5. The molecule has 0 N–H and O–H groups in total. The summed E-state index contributed by atoms with van der Waals surface area (Å²) in [6.45, 7) is 4.98. The molecule has 0 atom stereocenters. The maximum absolute atomic E-state index is 12.9. The Morgan fingerprint density at radius 1 is 1.20 bits per heavy atom. The number of hydrogen-bond acceptors (Lipinski definition) is 6. The van der Waals surface area contributed by atoms with Gasteiger partial charge >= 0.3 is 0 Å². The molecule has 1 aliphatic heterocycles. The summed E-state index contributed by atoms with van der Waals surface area (Å²) in [6, 6.07) is 6.83. The fourth-order valence-corrected chi connectivity index (χ4v) is 5.15. The molecule has 3 aromatic rings. The van der Waals surface area contributed by atoms with Gasteiger partial charge < -0.3 is 4.57 Å². The third-order valence-electron chi connectivity index (χ3n) is 5.19. The van der Waals surface area contributed by atoms with Crippen LogP contribution in [0.3, 0.4) is 0 Å². The van der Waals surface area contributed by atoms with Crippen molar-refractivity contribution in [1.82, 2.24) is 28.6 Å². The number of hydrogen-bond donors (Lipinski definition) is 0. The van der Waals surface area contributed by atoms with Crippen molar-refractivity contribution >= 4 is 10.0 Å². The first kappa shape index (κ1) is 20.4. The molecular weight excluding hydrogens is 404 g/mol. The Morgan fingerprint density at radius 2 is 1.97 bits per heavy atom. The predicted molar refractivity (Wildman–Crippen MR) is 111 cm³/mol. The highest BCUT2D eigenvalue weighted by Gasteiger charge is 2.38. The van der Waals surface area contributed by atoms with Gasteiger partial charge in [0.05, 0.1) is 12.2 Å². The molecule has 0 bridgehead atoms. The van der Waals surface area contributed by atoms with E-state index in [4.69, 9.17) is 0 Å². The highest BCUT2D eigenvalue weighted by atomic mass is 32.2. The first-order chi connectivity index (χ1) is 14.3. The summed E-state index contributed by atoms with van der Waals surface area (Å²) in [5.41, 5.74) is 1.26. The summed E-state index contributed by atoms with van der Waals surface area (Å²) in [6.07, 6.45) is 4.92. The van der Waals surface area contributed by atoms with E-state index >= 15 is 0 Å². The Bertz CT molecular complexity index is 1210. The monoisotopic (exact) mass is 428 g/mol. The minimum absolute atomic E-state index is 0.0161. The van der Waals surface area contributed by atoms with E-state index in [2.05, 4.69) is 15.1 Å². The first-order valence-corrected chi connectivity index (χ1v) is 11.2. The van der Waals surface area contributed by atoms with Crippen LogP contribution in [0.1, 0.15) is 25.6 Å². The summed E-state index contributed by atoms with van der Waals surface area (Å²) < 4.78 is 30.3. The SMILES string of the molecule is CC(C)c1nc(S(=O)(=O)N2CC(Cn3nc(-c4cccnc4)ccc3=O)C2)cn1C. The predicted octanol–water partition coefficient (Wildman–Crippen LogP) is 1.48. The highest BCUT2D eigenvalue weighted by molar-refractivity contribution is 7.89. The van der Waals surface area contributed by atoms with E-state index in [9.17, 15) is 13.2 Å². The summed E-state index contributed by atoms with van der Waals surface area (Å²) >= 11 is 0. The lowest BCUT2D eigenvalue weighted by molar-refractivity contribution is 0.172. The lowest BCUT2D eigenvalue weighted by Gasteiger charge is -2.37. The third kappa shape index (κ3) is 3.80. The molecule has 4 heterocycles. The molecule has 0 spiro atoms. The maximum atomic E-state index is 12.9. The van der Waals surface area contributed by atoms with Crippen LogP contribution >= 0.6 is 0 Å². The largest absolute Gasteiger partial charge is 0.336 e. The molecule has 0 amide bonds. The smallest absolute Gasteiger partial charge is 0.266 e. The van der Waals surface area contributed by atoms with Crippen LogP contribution in [0.15, 0.2) is 52.7 Å². The van der Waals surface area contributed by atoms with Crippen LogP contribution in [0.2, 0.25) is 0 Å². The van der Waals surface area contributed by atoms with Crippen LogP contribution in [-0.2, 0) is 23.6 Å². The fourth-order valence-electron chi connectivity index (χ4n) is 3.57. The summed E-state index contributed by atoms with van der Waals surface area (Å²) in [4.78, 5) is 20.6. The van der Waals surface area contributed by atoms with Gasteiger partial charge in [-0.25, -0.2) is 18.1 Å². The van der Waals surface area contributed by atoms with Crippen LogP contribution in [0.25, 0.3) is 11.3 Å². The molecule has 30 heavy (non-hydrogen) atoms. The van der Waals surface area contributed by atoms with Gasteiger partial charge in [-0.2, -0.15) is 9.40 Å². The van der Waals surface area contributed by atoms with E-state index in [1.807, 2.05) is 26.0 Å². The van der Waals surface area contributed by atoms with E-state index in [1.165, 1.54) is 15.1 Å².